The molecule has 0 saturated carbocycles. The second-order valence-electron chi connectivity index (χ2n) is 2.47. The van der Waals surface area contributed by atoms with E-state index < -0.39 is 5.75 Å². The lowest BCUT2D eigenvalue weighted by Crippen LogP contribution is -2.10. The molecule has 0 fully saturated rings. The number of rotatable bonds is 3. The van der Waals surface area contributed by atoms with Crippen LogP contribution >= 0.6 is 0 Å². The van der Waals surface area contributed by atoms with Gasteiger partial charge in [0.2, 0.25) is 5.75 Å². The second-order valence-corrected chi connectivity index (χ2v) is 2.47. The van der Waals surface area contributed by atoms with Crippen molar-refractivity contribution in [2.75, 3.05) is 7.11 Å². The molecule has 0 aromatic heterocycles. The molecular weight excluding hydrogens is 174 g/mol. The summed E-state index contributed by atoms with van der Waals surface area (Å²) in [5, 5.41) is 27.4. The first kappa shape index (κ1) is 9.63. The summed E-state index contributed by atoms with van der Waals surface area (Å²) in [4.78, 5) is 4.57. The van der Waals surface area contributed by atoms with Crippen molar-refractivity contribution in [3.05, 3.63) is 17.7 Å². The zero-order chi connectivity index (χ0) is 9.84. The summed E-state index contributed by atoms with van der Waals surface area (Å²) in [7, 11) is 1.44. The number of hydroxylamine groups is 1. The first-order valence-corrected chi connectivity index (χ1v) is 3.65. The molecule has 1 aromatic carbocycles. The fraction of sp³-hybridized carbons (Fsp3) is 0.250. The summed E-state index contributed by atoms with van der Waals surface area (Å²) in [5.74, 6) is -1.21. The Kier molecular flexibility index (Phi) is 2.94. The number of benzene rings is 1. The van der Waals surface area contributed by atoms with Crippen molar-refractivity contribution >= 4 is 0 Å². The largest absolute Gasteiger partial charge is 0.504 e. The van der Waals surface area contributed by atoms with Gasteiger partial charge in [-0.25, -0.2) is 0 Å². The van der Waals surface area contributed by atoms with Crippen molar-refractivity contribution in [2.45, 2.75) is 6.54 Å². The number of aromatic hydroxyl groups is 3. The Bertz CT molecular complexity index is 300. The number of hydrogen-bond acceptors (Lipinski definition) is 5. The molecular formula is C8H11NO4. The van der Waals surface area contributed by atoms with Gasteiger partial charge >= 0.3 is 0 Å². The molecule has 1 aromatic rings. The van der Waals surface area contributed by atoms with E-state index in [0.29, 0.717) is 5.56 Å². The zero-order valence-corrected chi connectivity index (χ0v) is 7.11. The lowest BCUT2D eigenvalue weighted by molar-refractivity contribution is 0.0860. The van der Waals surface area contributed by atoms with Crippen LogP contribution in [-0.2, 0) is 11.4 Å². The van der Waals surface area contributed by atoms with Gasteiger partial charge in [0.15, 0.2) is 11.5 Å². The Morgan fingerprint density at radius 1 is 1.23 bits per heavy atom. The molecule has 13 heavy (non-hydrogen) atoms. The predicted molar refractivity (Wildman–Crippen MR) is 45.3 cm³/mol. The van der Waals surface area contributed by atoms with Crippen LogP contribution in [0.1, 0.15) is 5.56 Å². The number of hydrogen-bond donors (Lipinski definition) is 4. The maximum atomic E-state index is 9.30. The van der Waals surface area contributed by atoms with Gasteiger partial charge in [-0.3, -0.25) is 0 Å². The summed E-state index contributed by atoms with van der Waals surface area (Å²) < 4.78 is 0. The lowest BCUT2D eigenvalue weighted by Gasteiger charge is -2.07. The van der Waals surface area contributed by atoms with Crippen LogP contribution in [0.4, 0.5) is 0 Å². The van der Waals surface area contributed by atoms with E-state index in [4.69, 9.17) is 10.2 Å². The smallest absolute Gasteiger partial charge is 0.200 e. The molecule has 72 valence electrons. The summed E-state index contributed by atoms with van der Waals surface area (Å²) in [6.45, 7) is 0.246. The van der Waals surface area contributed by atoms with Crippen molar-refractivity contribution in [2.24, 2.45) is 0 Å². The Labute approximate surface area is 75.2 Å². The molecule has 0 unspecified atom stereocenters. The highest BCUT2D eigenvalue weighted by Crippen LogP contribution is 2.36. The molecule has 0 radical (unpaired) electrons. The highest BCUT2D eigenvalue weighted by Gasteiger charge is 2.09. The predicted octanol–water partition coefficient (Wildman–Crippen LogP) is 0.454. The topological polar surface area (TPSA) is 82.0 Å². The average molecular weight is 185 g/mol. The minimum atomic E-state index is -0.518. The Balaban J connectivity index is 2.90. The number of phenols is 3. The minimum Gasteiger partial charge on any atom is -0.504 e. The molecule has 0 saturated heterocycles. The van der Waals surface area contributed by atoms with E-state index in [1.807, 2.05) is 0 Å². The molecule has 0 aliphatic heterocycles. The van der Waals surface area contributed by atoms with E-state index in [1.165, 1.54) is 19.2 Å². The molecule has 0 aliphatic rings. The van der Waals surface area contributed by atoms with Gasteiger partial charge in [-0.15, -0.1) is 0 Å². The van der Waals surface area contributed by atoms with Gasteiger partial charge in [-0.05, 0) is 12.1 Å². The van der Waals surface area contributed by atoms with E-state index >= 15 is 0 Å². The van der Waals surface area contributed by atoms with Gasteiger partial charge < -0.3 is 20.2 Å². The van der Waals surface area contributed by atoms with Crippen molar-refractivity contribution in [3.63, 3.8) is 0 Å². The van der Waals surface area contributed by atoms with E-state index in [-0.39, 0.29) is 18.0 Å². The third-order valence-electron chi connectivity index (χ3n) is 1.62. The van der Waals surface area contributed by atoms with E-state index in [9.17, 15) is 5.11 Å². The molecule has 0 spiro atoms. The SMILES string of the molecule is CONCc1ccc(O)c(O)c1O. The van der Waals surface area contributed by atoms with Crippen molar-refractivity contribution in [1.29, 1.82) is 0 Å². The molecule has 1 rings (SSSR count). The van der Waals surface area contributed by atoms with Crippen LogP contribution < -0.4 is 5.48 Å². The molecule has 5 heteroatoms. The molecule has 5 nitrogen and oxygen atoms in total. The zero-order valence-electron chi connectivity index (χ0n) is 7.11. The normalized spacial score (nSPS) is 10.2. The summed E-state index contributed by atoms with van der Waals surface area (Å²) in [6.07, 6.45) is 0. The van der Waals surface area contributed by atoms with Gasteiger partial charge in [-0.2, -0.15) is 5.48 Å². The highest BCUT2D eigenvalue weighted by molar-refractivity contribution is 5.52. The van der Waals surface area contributed by atoms with Gasteiger partial charge in [0.05, 0.1) is 7.11 Å². The first-order chi connectivity index (χ1) is 6.16. The molecule has 0 bridgehead atoms. The Morgan fingerprint density at radius 2 is 1.92 bits per heavy atom. The van der Waals surface area contributed by atoms with Crippen molar-refractivity contribution in [3.8, 4) is 17.2 Å². The van der Waals surface area contributed by atoms with Crippen LogP contribution in [0.2, 0.25) is 0 Å². The standard InChI is InChI=1S/C8H11NO4/c1-13-9-4-5-2-3-6(10)8(12)7(5)11/h2-3,9-12H,4H2,1H3. The quantitative estimate of drug-likeness (QED) is 0.406. The lowest BCUT2D eigenvalue weighted by atomic mass is 10.2. The van der Waals surface area contributed by atoms with E-state index in [1.54, 1.807) is 0 Å². The van der Waals surface area contributed by atoms with Gasteiger partial charge in [0.25, 0.3) is 0 Å². The summed E-state index contributed by atoms with van der Waals surface area (Å²) in [5.41, 5.74) is 2.94. The maximum Gasteiger partial charge on any atom is 0.200 e. The third kappa shape index (κ3) is 2.01. The Hall–Kier alpha value is -1.46. The van der Waals surface area contributed by atoms with Crippen LogP contribution in [0.3, 0.4) is 0 Å². The van der Waals surface area contributed by atoms with Crippen LogP contribution in [-0.4, -0.2) is 22.4 Å². The second kappa shape index (κ2) is 3.97. The minimum absolute atomic E-state index is 0.246. The third-order valence-corrected chi connectivity index (χ3v) is 1.62. The first-order valence-electron chi connectivity index (χ1n) is 3.65. The summed E-state index contributed by atoms with van der Waals surface area (Å²) in [6, 6.07) is 2.78. The molecule has 0 aliphatic carbocycles. The van der Waals surface area contributed by atoms with Crippen LogP contribution in [0.25, 0.3) is 0 Å². The van der Waals surface area contributed by atoms with Crippen LogP contribution in [0.15, 0.2) is 12.1 Å². The van der Waals surface area contributed by atoms with Crippen LogP contribution in [0, 0.1) is 0 Å². The fourth-order valence-corrected chi connectivity index (χ4v) is 0.903. The summed E-state index contributed by atoms with van der Waals surface area (Å²) >= 11 is 0. The number of nitrogens with one attached hydrogen (secondary N) is 1. The highest BCUT2D eigenvalue weighted by atomic mass is 16.6. The van der Waals surface area contributed by atoms with Gasteiger partial charge in [-0.1, -0.05) is 0 Å². The Morgan fingerprint density at radius 3 is 2.54 bits per heavy atom. The molecule has 4 N–H and O–H groups in total. The van der Waals surface area contributed by atoms with Crippen molar-refractivity contribution in [1.82, 2.24) is 5.48 Å². The average Bonchev–Trinajstić information content (AvgIpc) is 2.13. The molecule has 0 atom stereocenters. The maximum absolute atomic E-state index is 9.30. The fourth-order valence-electron chi connectivity index (χ4n) is 0.903. The van der Waals surface area contributed by atoms with Gasteiger partial charge in [0.1, 0.15) is 0 Å². The van der Waals surface area contributed by atoms with Gasteiger partial charge in [0, 0.05) is 12.1 Å². The monoisotopic (exact) mass is 185 g/mol. The van der Waals surface area contributed by atoms with Crippen LogP contribution in [0.5, 0.6) is 17.2 Å². The molecule has 0 heterocycles. The number of phenolic OH excluding ortho intramolecular Hbond substituents is 3. The van der Waals surface area contributed by atoms with E-state index in [2.05, 4.69) is 10.3 Å². The van der Waals surface area contributed by atoms with Crippen molar-refractivity contribution < 1.29 is 20.2 Å². The van der Waals surface area contributed by atoms with E-state index in [0.717, 1.165) is 0 Å². The molecule has 0 amide bonds.